The summed E-state index contributed by atoms with van der Waals surface area (Å²) < 4.78 is 5.25. The smallest absolute Gasteiger partial charge is 0.242 e. The summed E-state index contributed by atoms with van der Waals surface area (Å²) >= 11 is 12.4. The van der Waals surface area contributed by atoms with Crippen LogP contribution in [0.25, 0.3) is 0 Å². The number of hydrogen-bond acceptors (Lipinski definition) is 3. The molecule has 0 fully saturated rings. The standard InChI is InChI=1S/C21H24Cl2N2O3/c1-4-24-21(27)14(2)25(13-15-7-5-8-16(11-15)28-3)20(26)12-17-18(22)9-6-10-19(17)23/h5-11,14H,4,12-13H2,1-3H3,(H,24,27)/t14-/m1/s1. The van der Waals surface area contributed by atoms with Crippen LogP contribution in [0.15, 0.2) is 42.5 Å². The average molecular weight is 423 g/mol. The molecule has 0 aliphatic rings. The van der Waals surface area contributed by atoms with Crippen molar-refractivity contribution in [2.45, 2.75) is 32.9 Å². The van der Waals surface area contributed by atoms with Gasteiger partial charge in [0, 0.05) is 23.1 Å². The van der Waals surface area contributed by atoms with Crippen LogP contribution in [0.5, 0.6) is 5.75 Å². The van der Waals surface area contributed by atoms with E-state index < -0.39 is 6.04 Å². The molecule has 0 bridgehead atoms. The minimum absolute atomic E-state index is 0.00617. The molecule has 150 valence electrons. The molecule has 2 rings (SSSR count). The molecule has 0 aliphatic carbocycles. The van der Waals surface area contributed by atoms with E-state index in [4.69, 9.17) is 27.9 Å². The Hall–Kier alpha value is -2.24. The highest BCUT2D eigenvalue weighted by Gasteiger charge is 2.27. The van der Waals surface area contributed by atoms with Gasteiger partial charge in [-0.25, -0.2) is 0 Å². The third-order valence-corrected chi connectivity index (χ3v) is 5.10. The fourth-order valence-corrected chi connectivity index (χ4v) is 3.36. The number of carbonyl (C=O) groups excluding carboxylic acids is 2. The minimum atomic E-state index is -0.653. The van der Waals surface area contributed by atoms with Gasteiger partial charge in [0.15, 0.2) is 0 Å². The molecular weight excluding hydrogens is 399 g/mol. The van der Waals surface area contributed by atoms with Crippen LogP contribution in [0.1, 0.15) is 25.0 Å². The molecule has 5 nitrogen and oxygen atoms in total. The quantitative estimate of drug-likeness (QED) is 0.696. The fourth-order valence-electron chi connectivity index (χ4n) is 2.83. The number of rotatable bonds is 8. The number of likely N-dealkylation sites (N-methyl/N-ethyl adjacent to an activating group) is 1. The number of carbonyl (C=O) groups is 2. The van der Waals surface area contributed by atoms with Crippen LogP contribution in [-0.4, -0.2) is 36.4 Å². The highest BCUT2D eigenvalue weighted by molar-refractivity contribution is 6.36. The number of ether oxygens (including phenoxy) is 1. The summed E-state index contributed by atoms with van der Waals surface area (Å²) in [4.78, 5) is 27.1. The lowest BCUT2D eigenvalue weighted by Crippen LogP contribution is -2.48. The van der Waals surface area contributed by atoms with Crippen LogP contribution in [-0.2, 0) is 22.6 Å². The lowest BCUT2D eigenvalue weighted by Gasteiger charge is -2.29. The molecule has 2 aromatic rings. The maximum absolute atomic E-state index is 13.1. The Morgan fingerprint density at radius 3 is 2.39 bits per heavy atom. The molecule has 0 radical (unpaired) electrons. The predicted molar refractivity (Wildman–Crippen MR) is 112 cm³/mol. The van der Waals surface area contributed by atoms with Crippen molar-refractivity contribution in [3.63, 3.8) is 0 Å². The maximum atomic E-state index is 13.1. The number of halogens is 2. The largest absolute Gasteiger partial charge is 0.497 e. The SMILES string of the molecule is CCNC(=O)[C@@H](C)N(Cc1cccc(OC)c1)C(=O)Cc1c(Cl)cccc1Cl. The summed E-state index contributed by atoms with van der Waals surface area (Å²) in [5.74, 6) is 0.227. The molecule has 0 saturated heterocycles. The van der Waals surface area contributed by atoms with Crippen molar-refractivity contribution < 1.29 is 14.3 Å². The van der Waals surface area contributed by atoms with Crippen LogP contribution >= 0.6 is 23.2 Å². The molecule has 0 aliphatic heterocycles. The molecule has 1 N–H and O–H groups in total. The number of nitrogens with one attached hydrogen (secondary N) is 1. The fraction of sp³-hybridized carbons (Fsp3) is 0.333. The third-order valence-electron chi connectivity index (χ3n) is 4.40. The van der Waals surface area contributed by atoms with Gasteiger partial charge >= 0.3 is 0 Å². The lowest BCUT2D eigenvalue weighted by molar-refractivity contribution is -0.140. The zero-order valence-corrected chi connectivity index (χ0v) is 17.7. The van der Waals surface area contributed by atoms with E-state index in [1.807, 2.05) is 31.2 Å². The van der Waals surface area contributed by atoms with Crippen molar-refractivity contribution in [2.24, 2.45) is 0 Å². The Morgan fingerprint density at radius 1 is 1.14 bits per heavy atom. The average Bonchev–Trinajstić information content (AvgIpc) is 2.68. The van der Waals surface area contributed by atoms with E-state index in [-0.39, 0.29) is 24.8 Å². The number of hydrogen-bond donors (Lipinski definition) is 1. The monoisotopic (exact) mass is 422 g/mol. The maximum Gasteiger partial charge on any atom is 0.242 e. The minimum Gasteiger partial charge on any atom is -0.497 e. The van der Waals surface area contributed by atoms with Crippen molar-refractivity contribution in [3.8, 4) is 5.75 Å². The van der Waals surface area contributed by atoms with E-state index in [9.17, 15) is 9.59 Å². The molecule has 7 heteroatoms. The second-order valence-corrected chi connectivity index (χ2v) is 7.14. The third kappa shape index (κ3) is 5.63. The highest BCUT2D eigenvalue weighted by atomic mass is 35.5. The number of benzene rings is 2. The number of amides is 2. The van der Waals surface area contributed by atoms with Gasteiger partial charge in [0.2, 0.25) is 11.8 Å². The van der Waals surface area contributed by atoms with Gasteiger partial charge < -0.3 is 15.0 Å². The summed E-state index contributed by atoms with van der Waals surface area (Å²) in [5, 5.41) is 3.61. The number of nitrogens with zero attached hydrogens (tertiary/aromatic N) is 1. The van der Waals surface area contributed by atoms with Crippen LogP contribution in [0.4, 0.5) is 0 Å². The number of methoxy groups -OCH3 is 1. The Labute approximate surface area is 175 Å². The van der Waals surface area contributed by atoms with Gasteiger partial charge in [-0.05, 0) is 49.2 Å². The van der Waals surface area contributed by atoms with Gasteiger partial charge in [-0.15, -0.1) is 0 Å². The van der Waals surface area contributed by atoms with Gasteiger partial charge in [-0.2, -0.15) is 0 Å². The first-order chi connectivity index (χ1) is 13.4. The van der Waals surface area contributed by atoms with Crippen molar-refractivity contribution in [1.29, 1.82) is 0 Å². The topological polar surface area (TPSA) is 58.6 Å². The van der Waals surface area contributed by atoms with Gasteiger partial charge in [-0.3, -0.25) is 9.59 Å². The van der Waals surface area contributed by atoms with E-state index in [2.05, 4.69) is 5.32 Å². The van der Waals surface area contributed by atoms with Crippen LogP contribution < -0.4 is 10.1 Å². The van der Waals surface area contributed by atoms with Crippen molar-refractivity contribution >= 4 is 35.0 Å². The molecule has 0 heterocycles. The van der Waals surface area contributed by atoms with E-state index in [1.165, 1.54) is 4.90 Å². The summed E-state index contributed by atoms with van der Waals surface area (Å²) in [7, 11) is 1.58. The molecule has 0 saturated carbocycles. The summed E-state index contributed by atoms with van der Waals surface area (Å²) in [5.41, 5.74) is 1.41. The van der Waals surface area contributed by atoms with Crippen LogP contribution in [0.2, 0.25) is 10.0 Å². The van der Waals surface area contributed by atoms with E-state index >= 15 is 0 Å². The first-order valence-corrected chi connectivity index (χ1v) is 9.76. The first-order valence-electron chi connectivity index (χ1n) is 9.00. The Kier molecular flexibility index (Phi) is 8.15. The van der Waals surface area contributed by atoms with E-state index in [1.54, 1.807) is 32.2 Å². The van der Waals surface area contributed by atoms with E-state index in [0.717, 1.165) is 5.56 Å². The van der Waals surface area contributed by atoms with Crippen molar-refractivity contribution in [3.05, 3.63) is 63.6 Å². The first kappa shape index (κ1) is 22.1. The zero-order chi connectivity index (χ0) is 20.7. The molecule has 0 unspecified atom stereocenters. The molecule has 0 aromatic heterocycles. The predicted octanol–water partition coefficient (Wildman–Crippen LogP) is 4.10. The van der Waals surface area contributed by atoms with Crippen molar-refractivity contribution in [1.82, 2.24) is 10.2 Å². The summed E-state index contributed by atoms with van der Waals surface area (Å²) in [6, 6.07) is 11.9. The molecule has 1 atom stereocenters. The second kappa shape index (κ2) is 10.3. The Morgan fingerprint density at radius 2 is 1.79 bits per heavy atom. The van der Waals surface area contributed by atoms with Gasteiger partial charge in [-0.1, -0.05) is 41.4 Å². The van der Waals surface area contributed by atoms with Crippen LogP contribution in [0, 0.1) is 0 Å². The highest BCUT2D eigenvalue weighted by Crippen LogP contribution is 2.26. The van der Waals surface area contributed by atoms with Gasteiger partial charge in [0.25, 0.3) is 0 Å². The second-order valence-electron chi connectivity index (χ2n) is 6.32. The Balaban J connectivity index is 2.31. The molecule has 0 spiro atoms. The van der Waals surface area contributed by atoms with Crippen LogP contribution in [0.3, 0.4) is 0 Å². The molecular formula is C21H24Cl2N2O3. The summed E-state index contributed by atoms with van der Waals surface area (Å²) in [6.07, 6.45) is 0.00617. The van der Waals surface area contributed by atoms with Gasteiger partial charge in [0.05, 0.1) is 13.5 Å². The molecule has 2 aromatic carbocycles. The Bertz CT molecular complexity index is 822. The lowest BCUT2D eigenvalue weighted by atomic mass is 10.1. The zero-order valence-electron chi connectivity index (χ0n) is 16.2. The molecule has 28 heavy (non-hydrogen) atoms. The summed E-state index contributed by atoms with van der Waals surface area (Å²) in [6.45, 7) is 4.29. The van der Waals surface area contributed by atoms with Crippen molar-refractivity contribution in [2.75, 3.05) is 13.7 Å². The van der Waals surface area contributed by atoms with E-state index in [0.29, 0.717) is 27.9 Å². The normalized spacial score (nSPS) is 11.6. The molecule has 2 amide bonds. The van der Waals surface area contributed by atoms with Gasteiger partial charge in [0.1, 0.15) is 11.8 Å².